The van der Waals surface area contributed by atoms with E-state index in [-0.39, 0.29) is 0 Å². The third-order valence-electron chi connectivity index (χ3n) is 0.398. The summed E-state index contributed by atoms with van der Waals surface area (Å²) in [7, 11) is 5.68. The van der Waals surface area contributed by atoms with Gasteiger partial charge in [-0.25, -0.2) is 0 Å². The summed E-state index contributed by atoms with van der Waals surface area (Å²) in [6.07, 6.45) is 0. The summed E-state index contributed by atoms with van der Waals surface area (Å²) in [5.74, 6) is 0. The summed E-state index contributed by atoms with van der Waals surface area (Å²) in [4.78, 5) is 3.52. The van der Waals surface area contributed by atoms with Crippen molar-refractivity contribution in [2.45, 2.75) is 0 Å². The molecule has 0 saturated carbocycles. The molecular formula is C4H4AsCl3. The molecule has 0 radical (unpaired) electrons. The molecule has 0 saturated heterocycles. The second-order valence-corrected chi connectivity index (χ2v) is 6.12. The van der Waals surface area contributed by atoms with Gasteiger partial charge in [-0.2, -0.15) is 0 Å². The van der Waals surface area contributed by atoms with Gasteiger partial charge in [0.05, 0.1) is 0 Å². The third-order valence-corrected chi connectivity index (χ3v) is 4.41. The molecule has 0 unspecified atom stereocenters. The summed E-state index contributed by atoms with van der Waals surface area (Å²) in [6, 6.07) is 0. The molecule has 0 heterocycles. The fraction of sp³-hybridized carbons (Fsp3) is 0. The SMILES string of the molecule is ClC=C[As](Cl)C=CCl. The Morgan fingerprint density at radius 2 is 1.38 bits per heavy atom. The van der Waals surface area contributed by atoms with E-state index in [9.17, 15) is 0 Å². The van der Waals surface area contributed by atoms with Gasteiger partial charge in [0.2, 0.25) is 0 Å². The summed E-state index contributed by atoms with van der Waals surface area (Å²) in [6.45, 7) is 0. The minimum atomic E-state index is -1.41. The predicted octanol–water partition coefficient (Wildman–Crippen LogP) is 2.80. The van der Waals surface area contributed by atoms with Crippen LogP contribution in [0.4, 0.5) is 0 Å². The number of hydrogen-bond acceptors (Lipinski definition) is 0. The first kappa shape index (κ1) is 8.91. The molecule has 0 amide bonds. The summed E-state index contributed by atoms with van der Waals surface area (Å²) >= 11 is 9.04. The molecule has 0 N–H and O–H groups in total. The van der Waals surface area contributed by atoms with Crippen LogP contribution >= 0.6 is 33.2 Å². The zero-order valence-corrected chi connectivity index (χ0v) is 8.03. The van der Waals surface area contributed by atoms with Crippen LogP contribution in [-0.2, 0) is 0 Å². The minimum absolute atomic E-state index is 1.41. The molecule has 4 heteroatoms. The van der Waals surface area contributed by atoms with E-state index in [1.54, 1.807) is 9.73 Å². The molecule has 0 fully saturated rings. The van der Waals surface area contributed by atoms with Crippen LogP contribution < -0.4 is 0 Å². The Balaban J connectivity index is 3.47. The van der Waals surface area contributed by atoms with Gasteiger partial charge in [0.15, 0.2) is 0 Å². The average Bonchev–Trinajstić information content (AvgIpc) is 1.68. The molecule has 0 atom stereocenters. The van der Waals surface area contributed by atoms with Crippen molar-refractivity contribution in [3.05, 3.63) is 20.8 Å². The first-order chi connectivity index (χ1) is 3.81. The Hall–Kier alpha value is 0.908. The molecule has 0 spiro atoms. The Kier molecular flexibility index (Phi) is 6.72. The maximum atomic E-state index is 5.68. The second-order valence-electron chi connectivity index (χ2n) is 0.894. The summed E-state index contributed by atoms with van der Waals surface area (Å²) in [5, 5.41) is 0. The molecular weight excluding hydrogens is 229 g/mol. The summed E-state index contributed by atoms with van der Waals surface area (Å²) < 4.78 is 0. The predicted molar refractivity (Wildman–Crippen MR) is 41.6 cm³/mol. The zero-order chi connectivity index (χ0) is 6.41. The molecule has 0 aliphatic heterocycles. The molecule has 0 aromatic heterocycles. The Morgan fingerprint density at radius 3 is 1.62 bits per heavy atom. The molecule has 46 valence electrons. The van der Waals surface area contributed by atoms with Crippen molar-refractivity contribution >= 4 is 46.9 Å². The maximum absolute atomic E-state index is 5.68. The van der Waals surface area contributed by atoms with E-state index >= 15 is 0 Å². The van der Waals surface area contributed by atoms with E-state index in [2.05, 4.69) is 0 Å². The van der Waals surface area contributed by atoms with Gasteiger partial charge in [-0.15, -0.1) is 0 Å². The molecule has 0 aromatic rings. The molecule has 0 aromatic carbocycles. The molecule has 0 rings (SSSR count). The van der Waals surface area contributed by atoms with Crippen LogP contribution in [0.15, 0.2) is 20.8 Å². The quantitative estimate of drug-likeness (QED) is 0.643. The monoisotopic (exact) mass is 232 g/mol. The van der Waals surface area contributed by atoms with Crippen LogP contribution in [0.2, 0.25) is 0 Å². The van der Waals surface area contributed by atoms with Crippen LogP contribution in [0, 0.1) is 0 Å². The van der Waals surface area contributed by atoms with E-state index in [1.165, 1.54) is 11.1 Å². The molecule has 0 aliphatic rings. The van der Waals surface area contributed by atoms with Crippen LogP contribution in [0.3, 0.4) is 0 Å². The van der Waals surface area contributed by atoms with E-state index in [0.29, 0.717) is 0 Å². The molecule has 8 heavy (non-hydrogen) atoms. The van der Waals surface area contributed by atoms with Crippen molar-refractivity contribution in [3.8, 4) is 0 Å². The van der Waals surface area contributed by atoms with Crippen molar-refractivity contribution in [2.75, 3.05) is 0 Å². The van der Waals surface area contributed by atoms with Crippen molar-refractivity contribution in [2.24, 2.45) is 0 Å². The van der Waals surface area contributed by atoms with E-state index in [0.717, 1.165) is 0 Å². The number of halogens is 3. The Bertz CT molecular complexity index is 87.5. The van der Waals surface area contributed by atoms with Crippen molar-refractivity contribution in [3.63, 3.8) is 0 Å². The van der Waals surface area contributed by atoms with Gasteiger partial charge >= 0.3 is 67.7 Å². The van der Waals surface area contributed by atoms with Crippen LogP contribution in [0.1, 0.15) is 0 Å². The van der Waals surface area contributed by atoms with Gasteiger partial charge in [0.1, 0.15) is 0 Å². The fourth-order valence-corrected chi connectivity index (χ4v) is 3.26. The molecule has 0 bridgehead atoms. The zero-order valence-electron chi connectivity index (χ0n) is 3.89. The van der Waals surface area contributed by atoms with Gasteiger partial charge in [-0.3, -0.25) is 0 Å². The van der Waals surface area contributed by atoms with Gasteiger partial charge in [-0.05, 0) is 0 Å². The normalized spacial score (nSPS) is 15.9. The molecule has 0 nitrogen and oxygen atoms in total. The average molecular weight is 233 g/mol. The first-order valence-electron chi connectivity index (χ1n) is 1.79. The van der Waals surface area contributed by atoms with Crippen molar-refractivity contribution in [1.82, 2.24) is 0 Å². The standard InChI is InChI=1S/C4H4AsCl3/c6-3-1-5(8)2-4-7/h1-4H. The molecule has 0 aliphatic carbocycles. The van der Waals surface area contributed by atoms with Crippen LogP contribution in [0.25, 0.3) is 0 Å². The van der Waals surface area contributed by atoms with Gasteiger partial charge < -0.3 is 0 Å². The van der Waals surface area contributed by atoms with Crippen molar-refractivity contribution in [1.29, 1.82) is 0 Å². The van der Waals surface area contributed by atoms with E-state index in [1.807, 2.05) is 0 Å². The fourth-order valence-electron chi connectivity index (χ4n) is 0.157. The second kappa shape index (κ2) is 6.03. The van der Waals surface area contributed by atoms with E-state index in [4.69, 9.17) is 33.2 Å². The number of hydrogen-bond donors (Lipinski definition) is 0. The van der Waals surface area contributed by atoms with Crippen LogP contribution in [0.5, 0.6) is 0 Å². The van der Waals surface area contributed by atoms with Crippen molar-refractivity contribution < 1.29 is 0 Å². The third kappa shape index (κ3) is 5.05. The van der Waals surface area contributed by atoms with Gasteiger partial charge in [0.25, 0.3) is 0 Å². The van der Waals surface area contributed by atoms with E-state index < -0.39 is 13.7 Å². The van der Waals surface area contributed by atoms with Gasteiger partial charge in [-0.1, -0.05) is 0 Å². The van der Waals surface area contributed by atoms with Gasteiger partial charge in [0, 0.05) is 0 Å². The Labute approximate surface area is 67.5 Å². The topological polar surface area (TPSA) is 0 Å². The number of rotatable bonds is 2. The summed E-state index contributed by atoms with van der Waals surface area (Å²) in [5.41, 5.74) is 2.84. The van der Waals surface area contributed by atoms with Crippen LogP contribution in [-0.4, -0.2) is 13.7 Å². The Morgan fingerprint density at radius 1 is 1.00 bits per heavy atom. The first-order valence-corrected chi connectivity index (χ1v) is 7.29.